The molecule has 0 spiro atoms. The van der Waals surface area contributed by atoms with Crippen LogP contribution in [0.25, 0.3) is 0 Å². The normalized spacial score (nSPS) is 13.1. The minimum absolute atomic E-state index is 0.153. The standard InChI is InChI=1S/C13H23N3OS2/c1-13(2,3)19(4,5)17-9-10-6-7-15-11(8-10)16-12(14)18/h6-8H,9H2,1-5H3,(H3,14,15,16,18). The van der Waals surface area contributed by atoms with Crippen LogP contribution in [0.3, 0.4) is 0 Å². The molecule has 4 nitrogen and oxygen atoms in total. The molecule has 0 unspecified atom stereocenters. The molecule has 1 aromatic rings. The summed E-state index contributed by atoms with van der Waals surface area (Å²) in [6, 6.07) is 3.83. The summed E-state index contributed by atoms with van der Waals surface area (Å²) in [7, 11) is -1.12. The van der Waals surface area contributed by atoms with Gasteiger partial charge in [-0.15, -0.1) is 10.3 Å². The lowest BCUT2D eigenvalue weighted by molar-refractivity contribution is 0.339. The summed E-state index contributed by atoms with van der Waals surface area (Å²) in [5.74, 6) is 0.650. The molecule has 6 heteroatoms. The van der Waals surface area contributed by atoms with Crippen molar-refractivity contribution in [1.29, 1.82) is 0 Å². The highest BCUT2D eigenvalue weighted by molar-refractivity contribution is 8.29. The fraction of sp³-hybridized carbons (Fsp3) is 0.538. The van der Waals surface area contributed by atoms with Crippen LogP contribution in [0.1, 0.15) is 26.3 Å². The van der Waals surface area contributed by atoms with Crippen LogP contribution >= 0.6 is 22.5 Å². The second-order valence-corrected chi connectivity index (χ2v) is 10.0. The average Bonchev–Trinajstić information content (AvgIpc) is 2.24. The zero-order valence-electron chi connectivity index (χ0n) is 12.2. The Kier molecular flexibility index (Phi) is 5.18. The topological polar surface area (TPSA) is 60.2 Å². The molecule has 0 fully saturated rings. The number of thiocarbonyl (C=S) groups is 1. The van der Waals surface area contributed by atoms with Gasteiger partial charge in [-0.05, 0) is 42.4 Å². The van der Waals surface area contributed by atoms with E-state index < -0.39 is 10.3 Å². The lowest BCUT2D eigenvalue weighted by Gasteiger charge is -2.43. The lowest BCUT2D eigenvalue weighted by atomic mass is 10.3. The van der Waals surface area contributed by atoms with Crippen LogP contribution in [-0.4, -0.2) is 27.4 Å². The van der Waals surface area contributed by atoms with Crippen molar-refractivity contribution in [3.8, 4) is 0 Å². The molecule has 19 heavy (non-hydrogen) atoms. The maximum atomic E-state index is 6.10. The van der Waals surface area contributed by atoms with Crippen LogP contribution < -0.4 is 11.1 Å². The van der Waals surface area contributed by atoms with Gasteiger partial charge in [0.1, 0.15) is 5.82 Å². The van der Waals surface area contributed by atoms with Crippen molar-refractivity contribution in [2.45, 2.75) is 32.1 Å². The third-order valence-electron chi connectivity index (χ3n) is 3.07. The van der Waals surface area contributed by atoms with Gasteiger partial charge in [0.2, 0.25) is 0 Å². The van der Waals surface area contributed by atoms with Crippen molar-refractivity contribution in [2.24, 2.45) is 5.73 Å². The first kappa shape index (κ1) is 16.2. The maximum absolute atomic E-state index is 6.10. The minimum Gasteiger partial charge on any atom is -0.376 e. The number of nitrogens with two attached hydrogens (primary N) is 1. The van der Waals surface area contributed by atoms with Crippen molar-refractivity contribution in [1.82, 2.24) is 4.98 Å². The van der Waals surface area contributed by atoms with Gasteiger partial charge in [0, 0.05) is 10.9 Å². The molecule has 108 valence electrons. The maximum Gasteiger partial charge on any atom is 0.169 e. The Morgan fingerprint density at radius 1 is 1.47 bits per heavy atom. The van der Waals surface area contributed by atoms with Crippen LogP contribution in [0.2, 0.25) is 0 Å². The number of aromatic nitrogens is 1. The molecular weight excluding hydrogens is 278 g/mol. The molecule has 0 radical (unpaired) electrons. The van der Waals surface area contributed by atoms with Crippen molar-refractivity contribution in [3.05, 3.63) is 23.9 Å². The summed E-state index contributed by atoms with van der Waals surface area (Å²) < 4.78 is 6.26. The number of anilines is 1. The minimum atomic E-state index is -1.12. The largest absolute Gasteiger partial charge is 0.376 e. The molecule has 0 saturated carbocycles. The molecule has 1 rings (SSSR count). The summed E-state index contributed by atoms with van der Waals surface area (Å²) in [5.41, 5.74) is 6.48. The summed E-state index contributed by atoms with van der Waals surface area (Å²) in [6.07, 6.45) is 6.09. The Balaban J connectivity index is 2.71. The predicted octanol–water partition coefficient (Wildman–Crippen LogP) is 3.03. The summed E-state index contributed by atoms with van der Waals surface area (Å²) in [4.78, 5) is 4.15. The molecule has 0 aliphatic carbocycles. The zero-order valence-corrected chi connectivity index (χ0v) is 13.8. The molecule has 0 aliphatic heterocycles. The van der Waals surface area contributed by atoms with Crippen LogP contribution in [0, 0.1) is 0 Å². The molecule has 0 bridgehead atoms. The van der Waals surface area contributed by atoms with E-state index in [1.54, 1.807) is 6.20 Å². The summed E-state index contributed by atoms with van der Waals surface area (Å²) in [6.45, 7) is 7.17. The first-order valence-corrected chi connectivity index (χ1v) is 8.79. The van der Waals surface area contributed by atoms with Gasteiger partial charge < -0.3 is 15.2 Å². The average molecular weight is 301 g/mol. The van der Waals surface area contributed by atoms with Crippen LogP contribution in [0.5, 0.6) is 0 Å². The van der Waals surface area contributed by atoms with E-state index in [2.05, 4.69) is 43.6 Å². The quantitative estimate of drug-likeness (QED) is 0.837. The van der Waals surface area contributed by atoms with Crippen molar-refractivity contribution in [2.75, 3.05) is 17.8 Å². The number of hydrogen-bond donors (Lipinski definition) is 2. The highest BCUT2D eigenvalue weighted by Crippen LogP contribution is 2.54. The van der Waals surface area contributed by atoms with Gasteiger partial charge >= 0.3 is 0 Å². The SMILES string of the molecule is CC(C)(C)S(C)(C)OCc1ccnc(NC(N)=S)c1. The highest BCUT2D eigenvalue weighted by Gasteiger charge is 2.28. The molecule has 0 aliphatic rings. The number of rotatable bonds is 4. The Labute approximate surface area is 122 Å². The smallest absolute Gasteiger partial charge is 0.169 e. The Hall–Kier alpha value is -0.850. The third kappa shape index (κ3) is 4.97. The van der Waals surface area contributed by atoms with Crippen molar-refractivity contribution >= 4 is 33.5 Å². The van der Waals surface area contributed by atoms with Gasteiger partial charge in [-0.25, -0.2) is 4.98 Å². The van der Waals surface area contributed by atoms with E-state index in [0.29, 0.717) is 12.4 Å². The van der Waals surface area contributed by atoms with Gasteiger partial charge in [-0.2, -0.15) is 0 Å². The molecule has 0 aromatic carbocycles. The van der Waals surface area contributed by atoms with E-state index in [1.165, 1.54) is 0 Å². The fourth-order valence-electron chi connectivity index (χ4n) is 1.15. The van der Waals surface area contributed by atoms with E-state index in [-0.39, 0.29) is 9.86 Å². The van der Waals surface area contributed by atoms with Gasteiger partial charge in [0.25, 0.3) is 0 Å². The molecular formula is C13H23N3OS2. The van der Waals surface area contributed by atoms with E-state index in [4.69, 9.17) is 22.1 Å². The number of hydrogen-bond acceptors (Lipinski definition) is 3. The van der Waals surface area contributed by atoms with E-state index in [1.807, 2.05) is 12.1 Å². The van der Waals surface area contributed by atoms with E-state index >= 15 is 0 Å². The molecule has 3 N–H and O–H groups in total. The lowest BCUT2D eigenvalue weighted by Crippen LogP contribution is -2.25. The summed E-state index contributed by atoms with van der Waals surface area (Å²) >= 11 is 4.79. The van der Waals surface area contributed by atoms with Crippen LogP contribution in [0.15, 0.2) is 18.3 Å². The Bertz CT molecular complexity index is 455. The van der Waals surface area contributed by atoms with Crippen LogP contribution in [-0.2, 0) is 10.8 Å². The van der Waals surface area contributed by atoms with Crippen molar-refractivity contribution < 1.29 is 4.18 Å². The first-order chi connectivity index (χ1) is 8.62. The van der Waals surface area contributed by atoms with E-state index in [9.17, 15) is 0 Å². The third-order valence-corrected chi connectivity index (χ3v) is 6.83. The number of nitrogens with zero attached hydrogens (tertiary/aromatic N) is 1. The van der Waals surface area contributed by atoms with Crippen LogP contribution in [0.4, 0.5) is 5.82 Å². The Morgan fingerprint density at radius 2 is 2.11 bits per heavy atom. The highest BCUT2D eigenvalue weighted by atomic mass is 32.3. The predicted molar refractivity (Wildman–Crippen MR) is 88.6 cm³/mol. The molecule has 0 saturated heterocycles. The second kappa shape index (κ2) is 6.07. The first-order valence-electron chi connectivity index (χ1n) is 6.00. The fourth-order valence-corrected chi connectivity index (χ4v) is 2.04. The van der Waals surface area contributed by atoms with Gasteiger partial charge in [0.15, 0.2) is 5.11 Å². The van der Waals surface area contributed by atoms with Gasteiger partial charge in [-0.3, -0.25) is 0 Å². The van der Waals surface area contributed by atoms with Gasteiger partial charge in [-0.1, -0.05) is 20.8 Å². The summed E-state index contributed by atoms with van der Waals surface area (Å²) in [5, 5.41) is 3.04. The Morgan fingerprint density at radius 3 is 2.63 bits per heavy atom. The molecule has 0 amide bonds. The second-order valence-electron chi connectivity index (χ2n) is 5.65. The monoisotopic (exact) mass is 301 g/mol. The number of pyridine rings is 1. The molecule has 0 atom stereocenters. The molecule has 1 heterocycles. The van der Waals surface area contributed by atoms with E-state index in [0.717, 1.165) is 5.56 Å². The van der Waals surface area contributed by atoms with Crippen molar-refractivity contribution in [3.63, 3.8) is 0 Å². The number of nitrogens with one attached hydrogen (secondary N) is 1. The van der Waals surface area contributed by atoms with Gasteiger partial charge in [0.05, 0.1) is 6.61 Å². The zero-order chi connectivity index (χ0) is 14.7. The molecule has 1 aromatic heterocycles.